The number of aryl methyl sites for hydroxylation is 1. The van der Waals surface area contributed by atoms with Crippen molar-refractivity contribution in [2.24, 2.45) is 12.8 Å². The molecule has 0 amide bonds. The van der Waals surface area contributed by atoms with E-state index in [4.69, 9.17) is 15.2 Å². The van der Waals surface area contributed by atoms with Crippen LogP contribution in [0.5, 0.6) is 11.5 Å². The summed E-state index contributed by atoms with van der Waals surface area (Å²) in [6.45, 7) is 2.81. The quantitative estimate of drug-likeness (QED) is 0.858. The minimum Gasteiger partial charge on any atom is -0.493 e. The highest BCUT2D eigenvalue weighted by Gasteiger charge is 2.13. The number of methoxy groups -OCH3 is 1. The van der Waals surface area contributed by atoms with Gasteiger partial charge in [0.1, 0.15) is 12.4 Å². The average Bonchev–Trinajstić information content (AvgIpc) is 2.77. The molecule has 0 unspecified atom stereocenters. The summed E-state index contributed by atoms with van der Waals surface area (Å²) < 4.78 is 14.0. The van der Waals surface area contributed by atoms with Gasteiger partial charge in [0, 0.05) is 7.05 Å². The van der Waals surface area contributed by atoms with Gasteiger partial charge in [-0.15, -0.1) is 10.2 Å². The molecule has 2 N–H and O–H groups in total. The number of nitrogens with two attached hydrogens (primary N) is 1. The van der Waals surface area contributed by atoms with E-state index in [0.717, 1.165) is 28.1 Å². The van der Waals surface area contributed by atoms with Gasteiger partial charge >= 0.3 is 0 Å². The molecule has 0 aliphatic heterocycles. The molecular weight excluding hydrogens is 336 g/mol. The third-order valence-electron chi connectivity index (χ3n) is 3.25. The molecule has 0 radical (unpaired) electrons. The smallest absolute Gasteiger partial charge is 0.176 e. The third-order valence-corrected chi connectivity index (χ3v) is 3.84. The Morgan fingerprint density at radius 2 is 2.10 bits per heavy atom. The van der Waals surface area contributed by atoms with Gasteiger partial charge in [0.2, 0.25) is 0 Å². The van der Waals surface area contributed by atoms with Crippen molar-refractivity contribution in [1.82, 2.24) is 14.8 Å². The van der Waals surface area contributed by atoms with Crippen LogP contribution in [0.25, 0.3) is 0 Å². The lowest BCUT2D eigenvalue weighted by atomic mass is 10.1. The Bertz CT molecular complexity index is 628. The van der Waals surface area contributed by atoms with E-state index < -0.39 is 0 Å². The predicted molar refractivity (Wildman–Crippen MR) is 83.5 cm³/mol. The lowest BCUT2D eigenvalue weighted by Gasteiger charge is -2.14. The van der Waals surface area contributed by atoms with E-state index in [9.17, 15) is 0 Å². The first-order valence-corrected chi connectivity index (χ1v) is 7.40. The Morgan fingerprint density at radius 1 is 1.33 bits per heavy atom. The molecule has 0 saturated carbocycles. The van der Waals surface area contributed by atoms with Gasteiger partial charge in [-0.25, -0.2) is 0 Å². The first-order valence-electron chi connectivity index (χ1n) is 6.61. The van der Waals surface area contributed by atoms with Gasteiger partial charge in [-0.05, 0) is 53.5 Å². The predicted octanol–water partition coefficient (Wildman–Crippen LogP) is 1.97. The Labute approximate surface area is 132 Å². The zero-order chi connectivity index (χ0) is 15.4. The van der Waals surface area contributed by atoms with Crippen molar-refractivity contribution in [2.75, 3.05) is 13.7 Å². The topological polar surface area (TPSA) is 75.2 Å². The van der Waals surface area contributed by atoms with Gasteiger partial charge in [0.15, 0.2) is 17.3 Å². The monoisotopic (exact) mass is 354 g/mol. The highest BCUT2D eigenvalue weighted by molar-refractivity contribution is 9.10. The van der Waals surface area contributed by atoms with Gasteiger partial charge in [-0.2, -0.15) is 0 Å². The number of halogens is 1. The summed E-state index contributed by atoms with van der Waals surface area (Å²) in [7, 11) is 3.53. The van der Waals surface area contributed by atoms with Gasteiger partial charge in [-0.1, -0.05) is 0 Å². The van der Waals surface area contributed by atoms with Crippen LogP contribution in [0.4, 0.5) is 0 Å². The normalized spacial score (nSPS) is 10.7. The maximum atomic E-state index is 5.85. The van der Waals surface area contributed by atoms with Crippen LogP contribution in [-0.4, -0.2) is 28.4 Å². The zero-order valence-electron chi connectivity index (χ0n) is 12.4. The minimum atomic E-state index is 0.322. The Hall–Kier alpha value is -1.60. The van der Waals surface area contributed by atoms with Crippen LogP contribution in [-0.2, 0) is 20.1 Å². The van der Waals surface area contributed by atoms with Crippen LogP contribution < -0.4 is 15.2 Å². The maximum absolute atomic E-state index is 5.85. The molecule has 6 nitrogen and oxygen atoms in total. The fourth-order valence-electron chi connectivity index (χ4n) is 1.94. The molecule has 1 aromatic heterocycles. The molecular formula is C14H19BrN4O2. The van der Waals surface area contributed by atoms with Crippen LogP contribution in [0.2, 0.25) is 0 Å². The lowest BCUT2D eigenvalue weighted by molar-refractivity contribution is 0.270. The second-order valence-electron chi connectivity index (χ2n) is 4.66. The number of rotatable bonds is 6. The minimum absolute atomic E-state index is 0.322. The number of benzene rings is 1. The molecule has 2 aromatic rings. The average molecular weight is 355 g/mol. The van der Waals surface area contributed by atoms with Crippen molar-refractivity contribution < 1.29 is 9.47 Å². The van der Waals surface area contributed by atoms with E-state index in [1.807, 2.05) is 30.7 Å². The van der Waals surface area contributed by atoms with E-state index in [2.05, 4.69) is 26.1 Å². The molecule has 0 aliphatic carbocycles. The summed E-state index contributed by atoms with van der Waals surface area (Å²) in [5.74, 6) is 2.93. The van der Waals surface area contributed by atoms with E-state index >= 15 is 0 Å². The van der Waals surface area contributed by atoms with Crippen LogP contribution in [0.1, 0.15) is 17.2 Å². The summed E-state index contributed by atoms with van der Waals surface area (Å²) in [4.78, 5) is 0. The summed E-state index contributed by atoms with van der Waals surface area (Å²) >= 11 is 3.52. The third kappa shape index (κ3) is 3.54. The van der Waals surface area contributed by atoms with E-state index in [1.54, 1.807) is 7.11 Å². The Kier molecular flexibility index (Phi) is 5.19. The van der Waals surface area contributed by atoms with Crippen molar-refractivity contribution >= 4 is 15.9 Å². The maximum Gasteiger partial charge on any atom is 0.176 e. The summed E-state index contributed by atoms with van der Waals surface area (Å²) in [5, 5.41) is 8.09. The number of hydrogen-bond donors (Lipinski definition) is 1. The second-order valence-corrected chi connectivity index (χ2v) is 5.51. The summed E-state index contributed by atoms with van der Waals surface area (Å²) in [6, 6.07) is 3.93. The number of nitrogens with zero attached hydrogens (tertiary/aromatic N) is 3. The van der Waals surface area contributed by atoms with Crippen molar-refractivity contribution in [3.05, 3.63) is 33.8 Å². The zero-order valence-corrected chi connectivity index (χ0v) is 14.0. The van der Waals surface area contributed by atoms with Crippen molar-refractivity contribution in [3.63, 3.8) is 0 Å². The number of aromatic nitrogens is 3. The second kappa shape index (κ2) is 6.91. The first kappa shape index (κ1) is 15.8. The van der Waals surface area contributed by atoms with Crippen LogP contribution in [0.15, 0.2) is 16.6 Å². The van der Waals surface area contributed by atoms with E-state index in [-0.39, 0.29) is 0 Å². The van der Waals surface area contributed by atoms with Gasteiger partial charge in [0.25, 0.3) is 0 Å². The molecule has 0 bridgehead atoms. The van der Waals surface area contributed by atoms with Crippen molar-refractivity contribution in [2.45, 2.75) is 20.0 Å². The van der Waals surface area contributed by atoms with Crippen molar-refractivity contribution in [1.29, 1.82) is 0 Å². The summed E-state index contributed by atoms with van der Waals surface area (Å²) in [6.07, 6.45) is 0.789. The molecule has 7 heteroatoms. The van der Waals surface area contributed by atoms with E-state index in [0.29, 0.717) is 24.7 Å². The molecule has 1 heterocycles. The van der Waals surface area contributed by atoms with Crippen LogP contribution in [0, 0.1) is 6.92 Å². The first-order chi connectivity index (χ1) is 10.1. The molecule has 0 fully saturated rings. The fourth-order valence-corrected chi connectivity index (χ4v) is 2.54. The molecule has 0 spiro atoms. The molecule has 21 heavy (non-hydrogen) atoms. The molecule has 1 aromatic carbocycles. The van der Waals surface area contributed by atoms with Crippen LogP contribution >= 0.6 is 15.9 Å². The Morgan fingerprint density at radius 3 is 2.67 bits per heavy atom. The number of hydrogen-bond acceptors (Lipinski definition) is 5. The van der Waals surface area contributed by atoms with Crippen LogP contribution in [0.3, 0.4) is 0 Å². The largest absolute Gasteiger partial charge is 0.493 e. The molecule has 114 valence electrons. The molecule has 0 aliphatic rings. The van der Waals surface area contributed by atoms with Gasteiger partial charge in [-0.3, -0.25) is 0 Å². The molecule has 0 atom stereocenters. The highest BCUT2D eigenvalue weighted by Crippen LogP contribution is 2.37. The standard InChI is InChI=1S/C14H19BrN4O2/c1-9-17-18-13(19(9)2)8-21-14-11(15)6-10(4-5-16)7-12(14)20-3/h6-7H,4-5,8,16H2,1-3H3. The number of ether oxygens (including phenoxy) is 2. The molecule has 0 saturated heterocycles. The molecule has 2 rings (SSSR count). The Balaban J connectivity index is 2.21. The SMILES string of the molecule is COc1cc(CCN)cc(Br)c1OCc1nnc(C)n1C. The fraction of sp³-hybridized carbons (Fsp3) is 0.429. The lowest BCUT2D eigenvalue weighted by Crippen LogP contribution is -2.07. The van der Waals surface area contributed by atoms with Gasteiger partial charge < -0.3 is 19.8 Å². The van der Waals surface area contributed by atoms with Gasteiger partial charge in [0.05, 0.1) is 11.6 Å². The van der Waals surface area contributed by atoms with E-state index in [1.165, 1.54) is 0 Å². The highest BCUT2D eigenvalue weighted by atomic mass is 79.9. The summed E-state index contributed by atoms with van der Waals surface area (Å²) in [5.41, 5.74) is 6.69. The van der Waals surface area contributed by atoms with Crippen molar-refractivity contribution in [3.8, 4) is 11.5 Å².